The Labute approximate surface area is 235 Å². The van der Waals surface area contributed by atoms with Gasteiger partial charge in [-0.3, -0.25) is 14.4 Å². The van der Waals surface area contributed by atoms with Crippen LogP contribution < -0.4 is 0 Å². The molecule has 3 fully saturated rings. The number of hydrogen-bond acceptors (Lipinski definition) is 8. The number of esters is 2. The number of carbonyl (C=O) groups excluding carboxylic acids is 3. The van der Waals surface area contributed by atoms with Gasteiger partial charge in [0.1, 0.15) is 18.5 Å². The van der Waals surface area contributed by atoms with E-state index in [9.17, 15) is 14.4 Å². The molecule has 7 atom stereocenters. The third kappa shape index (κ3) is 13.1. The summed E-state index contributed by atoms with van der Waals surface area (Å²) >= 11 is 0. The monoisotopic (exact) mass is 552 g/mol. The molecule has 0 aromatic carbocycles. The molecule has 0 spiro atoms. The van der Waals surface area contributed by atoms with Crippen LogP contribution in [0.4, 0.5) is 0 Å². The first kappa shape index (κ1) is 32.0. The highest BCUT2D eigenvalue weighted by Crippen LogP contribution is 2.33. The van der Waals surface area contributed by atoms with Crippen molar-refractivity contribution < 1.29 is 38.1 Å². The number of Topliss-reactive ketones (excluding diaryl/α,β-unsaturated/α-hetero) is 1. The van der Waals surface area contributed by atoms with E-state index in [2.05, 4.69) is 20.8 Å². The Morgan fingerprint density at radius 2 is 1.08 bits per heavy atom. The molecule has 0 radical (unpaired) electrons. The minimum absolute atomic E-state index is 0.0219. The molecule has 0 bridgehead atoms. The van der Waals surface area contributed by atoms with Gasteiger partial charge in [0.05, 0.1) is 49.5 Å². The summed E-state index contributed by atoms with van der Waals surface area (Å²) in [6.45, 7) is 6.45. The molecule has 0 aromatic rings. The van der Waals surface area contributed by atoms with Gasteiger partial charge in [-0.15, -0.1) is 0 Å². The van der Waals surface area contributed by atoms with Gasteiger partial charge < -0.3 is 23.7 Å². The molecule has 3 aliphatic heterocycles. The van der Waals surface area contributed by atoms with Gasteiger partial charge in [0.25, 0.3) is 0 Å². The average Bonchev–Trinajstić information content (AvgIpc) is 3.84. The van der Waals surface area contributed by atoms with Crippen LogP contribution in [-0.2, 0) is 38.1 Å². The van der Waals surface area contributed by atoms with E-state index in [-0.39, 0.29) is 80.2 Å². The van der Waals surface area contributed by atoms with E-state index in [1.807, 2.05) is 0 Å². The van der Waals surface area contributed by atoms with Crippen LogP contribution in [0.1, 0.15) is 130 Å². The predicted octanol–water partition coefficient (Wildman–Crippen LogP) is 6.00. The molecule has 7 unspecified atom stereocenters. The van der Waals surface area contributed by atoms with Gasteiger partial charge in [-0.05, 0) is 25.7 Å². The molecular formula is C31H52O8. The van der Waals surface area contributed by atoms with E-state index in [4.69, 9.17) is 23.7 Å². The van der Waals surface area contributed by atoms with Gasteiger partial charge in [0.2, 0.25) is 0 Å². The highest BCUT2D eigenvalue weighted by molar-refractivity contribution is 5.79. The SMILES string of the molecule is CCCCCC1OC1CC(=O)CCC(COC(=O)CC1OC1CCCCC)OC(=O)CC1OC1CCCCC. The highest BCUT2D eigenvalue weighted by Gasteiger charge is 2.42. The van der Waals surface area contributed by atoms with E-state index in [1.54, 1.807) is 0 Å². The lowest BCUT2D eigenvalue weighted by Crippen LogP contribution is -2.27. The second kappa shape index (κ2) is 17.3. The van der Waals surface area contributed by atoms with Crippen molar-refractivity contribution in [1.29, 1.82) is 0 Å². The molecule has 3 rings (SSSR count). The van der Waals surface area contributed by atoms with Crippen LogP contribution >= 0.6 is 0 Å². The van der Waals surface area contributed by atoms with Gasteiger partial charge in [-0.1, -0.05) is 78.6 Å². The predicted molar refractivity (Wildman–Crippen MR) is 147 cm³/mol. The summed E-state index contributed by atoms with van der Waals surface area (Å²) in [4.78, 5) is 37.6. The second-order valence-corrected chi connectivity index (χ2v) is 11.6. The van der Waals surface area contributed by atoms with Crippen molar-refractivity contribution in [3.05, 3.63) is 0 Å². The summed E-state index contributed by atoms with van der Waals surface area (Å²) < 4.78 is 28.1. The number of ketones is 1. The zero-order valence-corrected chi connectivity index (χ0v) is 24.5. The highest BCUT2D eigenvalue weighted by atomic mass is 16.6. The van der Waals surface area contributed by atoms with Crippen molar-refractivity contribution in [2.24, 2.45) is 0 Å². The van der Waals surface area contributed by atoms with Crippen molar-refractivity contribution in [3.8, 4) is 0 Å². The molecular weight excluding hydrogens is 500 g/mol. The second-order valence-electron chi connectivity index (χ2n) is 11.6. The fraction of sp³-hybridized carbons (Fsp3) is 0.903. The largest absolute Gasteiger partial charge is 0.462 e. The smallest absolute Gasteiger partial charge is 0.308 e. The lowest BCUT2D eigenvalue weighted by Gasteiger charge is -2.17. The van der Waals surface area contributed by atoms with Crippen molar-refractivity contribution >= 4 is 17.7 Å². The van der Waals surface area contributed by atoms with Gasteiger partial charge in [-0.25, -0.2) is 0 Å². The quantitative estimate of drug-likeness (QED) is 0.0815. The maximum Gasteiger partial charge on any atom is 0.308 e. The Morgan fingerprint density at radius 1 is 0.615 bits per heavy atom. The van der Waals surface area contributed by atoms with E-state index < -0.39 is 6.10 Å². The molecule has 224 valence electrons. The summed E-state index contributed by atoms with van der Waals surface area (Å²) in [5, 5.41) is 0. The Balaban J connectivity index is 1.37. The molecule has 0 aliphatic carbocycles. The zero-order chi connectivity index (χ0) is 28.0. The fourth-order valence-corrected chi connectivity index (χ4v) is 5.26. The van der Waals surface area contributed by atoms with Crippen LogP contribution in [0.25, 0.3) is 0 Å². The van der Waals surface area contributed by atoms with Gasteiger partial charge >= 0.3 is 11.9 Å². The molecule has 3 aliphatic rings. The molecule has 0 aromatic heterocycles. The first-order valence-electron chi connectivity index (χ1n) is 15.8. The van der Waals surface area contributed by atoms with E-state index in [1.165, 1.54) is 19.3 Å². The molecule has 39 heavy (non-hydrogen) atoms. The van der Waals surface area contributed by atoms with Crippen LogP contribution in [0.5, 0.6) is 0 Å². The Kier molecular flexibility index (Phi) is 14.2. The zero-order valence-electron chi connectivity index (χ0n) is 24.5. The Hall–Kier alpha value is -1.51. The first-order valence-corrected chi connectivity index (χ1v) is 15.8. The summed E-state index contributed by atoms with van der Waals surface area (Å²) in [5.74, 6) is -0.629. The third-order valence-corrected chi connectivity index (χ3v) is 7.98. The van der Waals surface area contributed by atoms with Crippen molar-refractivity contribution in [1.82, 2.24) is 0 Å². The van der Waals surface area contributed by atoms with Gasteiger partial charge in [0, 0.05) is 12.8 Å². The van der Waals surface area contributed by atoms with Crippen molar-refractivity contribution in [2.45, 2.75) is 173 Å². The number of hydrogen-bond donors (Lipinski definition) is 0. The van der Waals surface area contributed by atoms with Crippen LogP contribution in [0.2, 0.25) is 0 Å². The number of epoxide rings is 3. The van der Waals surface area contributed by atoms with Crippen LogP contribution in [0.15, 0.2) is 0 Å². The third-order valence-electron chi connectivity index (χ3n) is 7.98. The minimum atomic E-state index is -0.649. The van der Waals surface area contributed by atoms with Crippen LogP contribution in [0.3, 0.4) is 0 Å². The molecule has 0 N–H and O–H groups in total. The molecule has 3 heterocycles. The summed E-state index contributed by atoms with van der Waals surface area (Å²) in [6.07, 6.45) is 14.4. The molecule has 8 nitrogen and oxygen atoms in total. The maximum atomic E-state index is 12.6. The minimum Gasteiger partial charge on any atom is -0.462 e. The van der Waals surface area contributed by atoms with Crippen LogP contribution in [0, 0.1) is 0 Å². The van der Waals surface area contributed by atoms with Crippen molar-refractivity contribution in [2.75, 3.05) is 6.61 Å². The van der Waals surface area contributed by atoms with E-state index >= 15 is 0 Å². The van der Waals surface area contributed by atoms with Gasteiger partial charge in [0.15, 0.2) is 0 Å². The molecule has 3 saturated heterocycles. The normalized spacial score (nSPS) is 27.6. The number of ether oxygens (including phenoxy) is 5. The molecule has 8 heteroatoms. The van der Waals surface area contributed by atoms with Crippen LogP contribution in [-0.4, -0.2) is 67.1 Å². The maximum absolute atomic E-state index is 12.6. The van der Waals surface area contributed by atoms with Crippen molar-refractivity contribution in [3.63, 3.8) is 0 Å². The summed E-state index contributed by atoms with van der Waals surface area (Å²) in [5.41, 5.74) is 0. The summed E-state index contributed by atoms with van der Waals surface area (Å²) in [6, 6.07) is 0. The first-order chi connectivity index (χ1) is 18.9. The lowest BCUT2D eigenvalue weighted by molar-refractivity contribution is -0.160. The fourth-order valence-electron chi connectivity index (χ4n) is 5.26. The van der Waals surface area contributed by atoms with E-state index in [0.717, 1.165) is 57.8 Å². The number of rotatable bonds is 24. The number of carbonyl (C=O) groups is 3. The standard InChI is InChI=1S/C31H52O8/c1-4-7-10-13-24-27(37-24)18-22(32)16-17-23(36-31(34)20-29-26(39-29)15-12-9-6-3)21-35-30(33)19-28-25(38-28)14-11-8-5-2/h23-29H,4-21H2,1-3H3. The lowest BCUT2D eigenvalue weighted by atomic mass is 10.0. The van der Waals surface area contributed by atoms with E-state index in [0.29, 0.717) is 12.8 Å². The Morgan fingerprint density at radius 3 is 1.56 bits per heavy atom. The average molecular weight is 553 g/mol. The molecule has 0 amide bonds. The molecule has 0 saturated carbocycles. The number of unbranched alkanes of at least 4 members (excludes halogenated alkanes) is 6. The van der Waals surface area contributed by atoms with Gasteiger partial charge in [-0.2, -0.15) is 0 Å². The summed E-state index contributed by atoms with van der Waals surface area (Å²) in [7, 11) is 0. The Bertz CT molecular complexity index is 713. The topological polar surface area (TPSA) is 107 Å².